The zero-order valence-electron chi connectivity index (χ0n) is 33.8. The lowest BCUT2D eigenvalue weighted by Crippen LogP contribution is -2.71. The van der Waals surface area contributed by atoms with E-state index in [0.717, 1.165) is 12.0 Å². The molecule has 2 saturated heterocycles. The van der Waals surface area contributed by atoms with Crippen LogP contribution in [0.5, 0.6) is 0 Å². The molecule has 21 atom stereocenters. The van der Waals surface area contributed by atoms with Crippen LogP contribution in [0.15, 0.2) is 11.6 Å². The molecule has 16 nitrogen and oxygen atoms in total. The van der Waals surface area contributed by atoms with Gasteiger partial charge in [-0.3, -0.25) is 0 Å². The fraction of sp³-hybridized carbons (Fsp3) is 0.927. The SMILES string of the molecule is CC1(C)C[C@H]2C3=CC[C@@H]4[C@@]5(C)CC[C@H](O[C@@H]6O[C@H](C(=O)O)[C@@H](O)[C@@H](O[C@@H]7O[C@@H](CO)[C@@H](O)[C@H]7O)[C@H]6O)[C@](C)(CO)[C@@H]5CC[C@@]4(C)[C@]3(C)C[C@@H](O)[C@@]2(CO)[C@@H](O)[C@@H]1O. The van der Waals surface area contributed by atoms with Gasteiger partial charge in [0.15, 0.2) is 18.7 Å². The summed E-state index contributed by atoms with van der Waals surface area (Å²) in [6.45, 7) is 11.1. The molecule has 2 aliphatic heterocycles. The van der Waals surface area contributed by atoms with Crippen LogP contribution in [0.2, 0.25) is 0 Å². The van der Waals surface area contributed by atoms with E-state index in [1.165, 1.54) is 0 Å². The lowest BCUT2D eigenvalue weighted by Gasteiger charge is -2.72. The molecular formula is C41H66O16. The van der Waals surface area contributed by atoms with Crippen molar-refractivity contribution in [3.63, 3.8) is 0 Å². The number of hydrogen-bond donors (Lipinski definition) is 11. The number of rotatable bonds is 8. The first-order valence-electron chi connectivity index (χ1n) is 20.7. The third kappa shape index (κ3) is 6.02. The number of carbonyl (C=O) groups is 1. The third-order valence-corrected chi connectivity index (χ3v) is 17.4. The van der Waals surface area contributed by atoms with Crippen molar-refractivity contribution in [3.8, 4) is 0 Å². The molecule has 0 amide bonds. The first-order valence-corrected chi connectivity index (χ1v) is 20.7. The summed E-state index contributed by atoms with van der Waals surface area (Å²) in [5.41, 5.74) is -2.96. The van der Waals surface area contributed by atoms with Gasteiger partial charge in [0.2, 0.25) is 0 Å². The van der Waals surface area contributed by atoms with Gasteiger partial charge < -0.3 is 75.1 Å². The molecular weight excluding hydrogens is 748 g/mol. The predicted octanol–water partition coefficient (Wildman–Crippen LogP) is -0.594. The van der Waals surface area contributed by atoms with E-state index in [9.17, 15) is 61.0 Å². The van der Waals surface area contributed by atoms with Crippen molar-refractivity contribution < 1.29 is 79.9 Å². The van der Waals surface area contributed by atoms with Crippen LogP contribution in [0.1, 0.15) is 86.5 Å². The summed E-state index contributed by atoms with van der Waals surface area (Å²) in [6.07, 6.45) is -13.1. The van der Waals surface area contributed by atoms with Gasteiger partial charge >= 0.3 is 5.97 Å². The highest BCUT2D eigenvalue weighted by Gasteiger charge is 2.72. The van der Waals surface area contributed by atoms with Gasteiger partial charge in [0.25, 0.3) is 0 Å². The Kier molecular flexibility index (Phi) is 11.2. The van der Waals surface area contributed by atoms with Crippen LogP contribution in [-0.4, -0.2) is 162 Å². The van der Waals surface area contributed by atoms with Gasteiger partial charge in [-0.25, -0.2) is 4.79 Å². The highest BCUT2D eigenvalue weighted by molar-refractivity contribution is 5.73. The van der Waals surface area contributed by atoms with Crippen LogP contribution in [0.4, 0.5) is 0 Å². The van der Waals surface area contributed by atoms with Crippen LogP contribution in [0.3, 0.4) is 0 Å². The number of aliphatic hydroxyl groups is 10. The molecule has 0 spiro atoms. The topological polar surface area (TPSA) is 277 Å². The van der Waals surface area contributed by atoms with Gasteiger partial charge in [0.05, 0.1) is 49.7 Å². The monoisotopic (exact) mass is 814 g/mol. The van der Waals surface area contributed by atoms with Gasteiger partial charge in [0.1, 0.15) is 36.6 Å². The molecule has 7 rings (SSSR count). The molecule has 0 unspecified atom stereocenters. The average Bonchev–Trinajstić information content (AvgIpc) is 3.42. The summed E-state index contributed by atoms with van der Waals surface area (Å²) in [5, 5.41) is 120. The second-order valence-electron chi connectivity index (χ2n) is 20.3. The molecule has 0 aromatic rings. The lowest BCUT2D eigenvalue weighted by atomic mass is 9.33. The van der Waals surface area contributed by atoms with Gasteiger partial charge in [-0.1, -0.05) is 53.2 Å². The molecule has 7 aliphatic rings. The Morgan fingerprint density at radius 2 is 1.44 bits per heavy atom. The van der Waals surface area contributed by atoms with Crippen molar-refractivity contribution in [2.75, 3.05) is 19.8 Å². The highest BCUT2D eigenvalue weighted by Crippen LogP contribution is 2.76. The van der Waals surface area contributed by atoms with E-state index in [4.69, 9.17) is 18.9 Å². The Labute approximate surface area is 333 Å². The predicted molar refractivity (Wildman–Crippen MR) is 198 cm³/mol. The van der Waals surface area contributed by atoms with Crippen LogP contribution < -0.4 is 0 Å². The number of fused-ring (bicyclic) bond motifs is 7. The van der Waals surface area contributed by atoms with E-state index >= 15 is 0 Å². The molecule has 0 aromatic heterocycles. The van der Waals surface area contributed by atoms with Crippen molar-refractivity contribution in [1.82, 2.24) is 0 Å². The smallest absolute Gasteiger partial charge is 0.335 e. The summed E-state index contributed by atoms with van der Waals surface area (Å²) in [7, 11) is 0. The van der Waals surface area contributed by atoms with E-state index in [0.29, 0.717) is 38.5 Å². The van der Waals surface area contributed by atoms with Crippen LogP contribution >= 0.6 is 0 Å². The Bertz CT molecular complexity index is 1560. The van der Waals surface area contributed by atoms with Gasteiger partial charge in [-0.15, -0.1) is 0 Å². The minimum atomic E-state index is -1.94. The zero-order valence-corrected chi connectivity index (χ0v) is 33.8. The fourth-order valence-corrected chi connectivity index (χ4v) is 13.7. The minimum Gasteiger partial charge on any atom is -0.479 e. The van der Waals surface area contributed by atoms with Gasteiger partial charge in [-0.05, 0) is 84.4 Å². The number of carboxylic acids is 1. The Morgan fingerprint density at radius 1 is 0.772 bits per heavy atom. The van der Waals surface area contributed by atoms with Crippen molar-refractivity contribution in [3.05, 3.63) is 11.6 Å². The Hall–Kier alpha value is -1.35. The number of hydrogen-bond acceptors (Lipinski definition) is 15. The minimum absolute atomic E-state index is 0.0852. The summed E-state index contributed by atoms with van der Waals surface area (Å²) < 4.78 is 23.2. The molecule has 5 aliphatic carbocycles. The second-order valence-corrected chi connectivity index (χ2v) is 20.3. The van der Waals surface area contributed by atoms with E-state index in [1.807, 2.05) is 20.8 Å². The number of ether oxygens (including phenoxy) is 4. The number of carboxylic acid groups (broad SMARTS) is 1. The van der Waals surface area contributed by atoms with Gasteiger partial charge in [0, 0.05) is 5.41 Å². The number of aliphatic hydroxyl groups excluding tert-OH is 10. The molecule has 11 N–H and O–H groups in total. The van der Waals surface area contributed by atoms with E-state index < -0.39 is 121 Å². The maximum Gasteiger partial charge on any atom is 0.335 e. The molecule has 0 aromatic carbocycles. The van der Waals surface area contributed by atoms with Crippen LogP contribution in [-0.2, 0) is 23.7 Å². The lowest BCUT2D eigenvalue weighted by molar-refractivity contribution is -0.346. The summed E-state index contributed by atoms with van der Waals surface area (Å²) in [5.74, 6) is -1.95. The summed E-state index contributed by atoms with van der Waals surface area (Å²) >= 11 is 0. The van der Waals surface area contributed by atoms with E-state index in [-0.39, 0.29) is 35.2 Å². The average molecular weight is 815 g/mol. The molecule has 0 bridgehead atoms. The number of aliphatic carboxylic acids is 1. The maximum absolute atomic E-state index is 12.3. The van der Waals surface area contributed by atoms with E-state index in [2.05, 4.69) is 26.8 Å². The molecule has 0 radical (unpaired) electrons. The molecule has 2 heterocycles. The van der Waals surface area contributed by atoms with Gasteiger partial charge in [-0.2, -0.15) is 0 Å². The van der Waals surface area contributed by atoms with Crippen molar-refractivity contribution in [2.24, 2.45) is 50.2 Å². The van der Waals surface area contributed by atoms with Crippen molar-refractivity contribution in [1.29, 1.82) is 0 Å². The van der Waals surface area contributed by atoms with E-state index in [1.54, 1.807) is 0 Å². The largest absolute Gasteiger partial charge is 0.479 e. The standard InChI is InChI=1S/C41H66O16/c1-36(2)13-19-18-7-8-22-37(3)11-10-24(55-35-28(49)29(27(48)30(57-35)33(52)53)56-34-26(47)25(46)20(15-42)54-34)38(4,16-43)21(37)9-12-39(22,5)40(18,6)14-23(45)41(19,17-44)32(51)31(36)50/h7,19-32,34-35,42-51H,8-17H2,1-6H3,(H,52,53)/t19-,20-,21+,22+,23+,24-,25+,26+,27-,28+,29+,30-,31-,32-,34-,35+,37-,38+,39+,40+,41-/m0/s1. The van der Waals surface area contributed by atoms with Crippen LogP contribution in [0.25, 0.3) is 0 Å². The summed E-state index contributed by atoms with van der Waals surface area (Å²) in [4.78, 5) is 12.3. The normalized spacial score (nSPS) is 55.8. The second kappa shape index (κ2) is 14.6. The van der Waals surface area contributed by atoms with Crippen LogP contribution in [0, 0.1) is 50.2 Å². The fourth-order valence-electron chi connectivity index (χ4n) is 13.7. The first kappa shape index (κ1) is 43.7. The van der Waals surface area contributed by atoms with Crippen molar-refractivity contribution >= 4 is 5.97 Å². The number of allylic oxidation sites excluding steroid dienone is 2. The maximum atomic E-state index is 12.3. The van der Waals surface area contributed by atoms with Crippen molar-refractivity contribution in [2.45, 2.75) is 166 Å². The molecule has 16 heteroatoms. The molecule has 326 valence electrons. The zero-order chi connectivity index (χ0) is 42.0. The third-order valence-electron chi connectivity index (χ3n) is 17.4. The molecule has 4 saturated carbocycles. The highest BCUT2D eigenvalue weighted by atomic mass is 16.7. The Morgan fingerprint density at radius 3 is 2.04 bits per heavy atom. The molecule has 57 heavy (non-hydrogen) atoms. The quantitative estimate of drug-likeness (QED) is 0.108. The first-order chi connectivity index (χ1) is 26.5. The summed E-state index contributed by atoms with van der Waals surface area (Å²) in [6, 6.07) is 0. The Balaban J connectivity index is 1.16. The molecule has 6 fully saturated rings.